The quantitative estimate of drug-likeness (QED) is 0.867. The van der Waals surface area contributed by atoms with Crippen LogP contribution in [0.2, 0.25) is 0 Å². The fourth-order valence-corrected chi connectivity index (χ4v) is 2.01. The molecule has 19 heavy (non-hydrogen) atoms. The number of carboxylic acid groups (broad SMARTS) is 1. The van der Waals surface area contributed by atoms with Gasteiger partial charge in [0, 0.05) is 14.0 Å². The third-order valence-electron chi connectivity index (χ3n) is 3.06. The number of carbonyl (C=O) groups excluding carboxylic acids is 1. The number of aliphatic carboxylic acids is 1. The summed E-state index contributed by atoms with van der Waals surface area (Å²) in [5.41, 5.74) is 2.15. The lowest BCUT2D eigenvalue weighted by molar-refractivity contribution is -0.141. The van der Waals surface area contributed by atoms with Gasteiger partial charge in [0.05, 0.1) is 11.0 Å². The van der Waals surface area contributed by atoms with E-state index in [1.165, 1.54) is 6.92 Å². The lowest BCUT2D eigenvalue weighted by atomic mass is 10.1. The van der Waals surface area contributed by atoms with Crippen LogP contribution >= 0.6 is 0 Å². The Hall–Kier alpha value is -2.37. The van der Waals surface area contributed by atoms with Crippen molar-refractivity contribution in [2.75, 3.05) is 0 Å². The van der Waals surface area contributed by atoms with E-state index in [2.05, 4.69) is 10.3 Å². The molecule has 1 amide bonds. The second-order valence-electron chi connectivity index (χ2n) is 4.44. The number of amides is 1. The lowest BCUT2D eigenvalue weighted by Crippen LogP contribution is -2.31. The van der Waals surface area contributed by atoms with Crippen molar-refractivity contribution in [3.63, 3.8) is 0 Å². The zero-order valence-corrected chi connectivity index (χ0v) is 11.0. The summed E-state index contributed by atoms with van der Waals surface area (Å²) in [5.74, 6) is -0.634. The van der Waals surface area contributed by atoms with Crippen molar-refractivity contribution >= 4 is 22.9 Å². The van der Waals surface area contributed by atoms with Crippen LogP contribution in [-0.2, 0) is 16.6 Å². The number of aromatic nitrogens is 2. The minimum Gasteiger partial charge on any atom is -0.479 e. The highest BCUT2D eigenvalue weighted by atomic mass is 16.4. The van der Waals surface area contributed by atoms with Crippen LogP contribution in [0.1, 0.15) is 24.4 Å². The summed E-state index contributed by atoms with van der Waals surface area (Å²) >= 11 is 0. The van der Waals surface area contributed by atoms with Crippen molar-refractivity contribution in [1.29, 1.82) is 0 Å². The van der Waals surface area contributed by atoms with Gasteiger partial charge in [-0.05, 0) is 24.6 Å². The molecule has 1 aromatic carbocycles. The summed E-state index contributed by atoms with van der Waals surface area (Å²) < 4.78 is 1.92. The molecule has 100 valence electrons. The van der Waals surface area contributed by atoms with Gasteiger partial charge in [0.25, 0.3) is 0 Å². The van der Waals surface area contributed by atoms with Crippen LogP contribution in [-0.4, -0.2) is 26.5 Å². The van der Waals surface area contributed by atoms with Crippen LogP contribution in [0.25, 0.3) is 11.0 Å². The Morgan fingerprint density at radius 2 is 2.11 bits per heavy atom. The summed E-state index contributed by atoms with van der Waals surface area (Å²) in [4.78, 5) is 26.6. The fraction of sp³-hybridized carbons (Fsp3) is 0.308. The van der Waals surface area contributed by atoms with Crippen LogP contribution in [0.3, 0.4) is 0 Å². The first-order valence-corrected chi connectivity index (χ1v) is 5.83. The third-order valence-corrected chi connectivity index (χ3v) is 3.06. The van der Waals surface area contributed by atoms with E-state index in [0.29, 0.717) is 11.1 Å². The maximum absolute atomic E-state index is 11.2. The van der Waals surface area contributed by atoms with Gasteiger partial charge in [0.2, 0.25) is 5.91 Å². The number of aryl methyl sites for hydroxylation is 2. The Kier molecular flexibility index (Phi) is 3.25. The Bertz CT molecular complexity index is 660. The molecule has 0 fully saturated rings. The molecule has 1 unspecified atom stereocenters. The Labute approximate surface area is 110 Å². The minimum absolute atomic E-state index is 0.385. The van der Waals surface area contributed by atoms with E-state index in [1.807, 2.05) is 24.6 Å². The van der Waals surface area contributed by atoms with Crippen molar-refractivity contribution in [1.82, 2.24) is 14.9 Å². The summed E-state index contributed by atoms with van der Waals surface area (Å²) in [6.07, 6.45) is 0. The van der Waals surface area contributed by atoms with Crippen molar-refractivity contribution in [3.8, 4) is 0 Å². The van der Waals surface area contributed by atoms with Crippen molar-refractivity contribution in [2.45, 2.75) is 19.9 Å². The van der Waals surface area contributed by atoms with E-state index < -0.39 is 12.0 Å². The summed E-state index contributed by atoms with van der Waals surface area (Å²) in [7, 11) is 1.90. The van der Waals surface area contributed by atoms with E-state index in [-0.39, 0.29) is 5.91 Å². The average molecular weight is 261 g/mol. The normalized spacial score (nSPS) is 12.4. The number of nitrogens with one attached hydrogen (secondary N) is 1. The van der Waals surface area contributed by atoms with Crippen molar-refractivity contribution in [2.24, 2.45) is 7.05 Å². The average Bonchev–Trinajstić information content (AvgIpc) is 2.61. The molecule has 0 radical (unpaired) electrons. The van der Waals surface area contributed by atoms with E-state index in [0.717, 1.165) is 11.3 Å². The van der Waals surface area contributed by atoms with E-state index >= 15 is 0 Å². The summed E-state index contributed by atoms with van der Waals surface area (Å²) in [6, 6.07) is 4.14. The van der Waals surface area contributed by atoms with Crippen LogP contribution in [0.5, 0.6) is 0 Å². The predicted molar refractivity (Wildman–Crippen MR) is 69.6 cm³/mol. The zero-order chi connectivity index (χ0) is 14.2. The smallest absolute Gasteiger partial charge is 0.330 e. The second kappa shape index (κ2) is 4.72. The van der Waals surface area contributed by atoms with Crippen LogP contribution < -0.4 is 5.32 Å². The molecule has 0 aliphatic heterocycles. The molecule has 2 rings (SSSR count). The zero-order valence-electron chi connectivity index (χ0n) is 11.0. The summed E-state index contributed by atoms with van der Waals surface area (Å²) in [6.45, 7) is 3.17. The van der Waals surface area contributed by atoms with Gasteiger partial charge < -0.3 is 15.0 Å². The first kappa shape index (κ1) is 13.1. The molecule has 1 heterocycles. The topological polar surface area (TPSA) is 84.2 Å². The fourth-order valence-electron chi connectivity index (χ4n) is 2.01. The molecule has 1 atom stereocenters. The van der Waals surface area contributed by atoms with Crippen LogP contribution in [0.4, 0.5) is 0 Å². The lowest BCUT2D eigenvalue weighted by Gasteiger charge is -2.13. The Balaban J connectivity index is 2.49. The number of fused-ring (bicyclic) bond motifs is 1. The largest absolute Gasteiger partial charge is 0.479 e. The van der Waals surface area contributed by atoms with Crippen molar-refractivity contribution < 1.29 is 14.7 Å². The van der Waals surface area contributed by atoms with Gasteiger partial charge >= 0.3 is 5.97 Å². The monoisotopic (exact) mass is 261 g/mol. The molecular weight excluding hydrogens is 246 g/mol. The molecule has 0 aliphatic rings. The summed E-state index contributed by atoms with van der Waals surface area (Å²) in [5, 5.41) is 11.6. The number of benzene rings is 1. The molecule has 0 saturated heterocycles. The molecule has 0 bridgehead atoms. The van der Waals surface area contributed by atoms with Gasteiger partial charge in [0.15, 0.2) is 6.04 Å². The van der Waals surface area contributed by atoms with E-state index in [9.17, 15) is 9.59 Å². The standard InChI is InChI=1S/C13H15N3O3/c1-7-14-10-6-9(4-5-11(10)16(7)3)12(13(18)19)15-8(2)17/h4-6,12H,1-3H3,(H,15,17)(H,18,19). The van der Waals surface area contributed by atoms with Gasteiger partial charge in [-0.25, -0.2) is 9.78 Å². The van der Waals surface area contributed by atoms with Gasteiger partial charge in [-0.2, -0.15) is 0 Å². The number of carboxylic acids is 1. The van der Waals surface area contributed by atoms with Gasteiger partial charge in [-0.3, -0.25) is 4.79 Å². The molecule has 6 nitrogen and oxygen atoms in total. The number of hydrogen-bond acceptors (Lipinski definition) is 3. The number of carbonyl (C=O) groups is 2. The molecule has 0 aliphatic carbocycles. The van der Waals surface area contributed by atoms with Gasteiger partial charge in [-0.1, -0.05) is 6.07 Å². The molecular formula is C13H15N3O3. The van der Waals surface area contributed by atoms with E-state index in [4.69, 9.17) is 5.11 Å². The molecule has 1 aromatic heterocycles. The Morgan fingerprint density at radius 3 is 2.68 bits per heavy atom. The van der Waals surface area contributed by atoms with E-state index in [1.54, 1.807) is 12.1 Å². The minimum atomic E-state index is -1.10. The number of hydrogen-bond donors (Lipinski definition) is 2. The molecule has 0 spiro atoms. The Morgan fingerprint density at radius 1 is 1.42 bits per heavy atom. The molecule has 2 aromatic rings. The third kappa shape index (κ3) is 2.42. The van der Waals surface area contributed by atoms with Crippen LogP contribution in [0, 0.1) is 6.92 Å². The SMILES string of the molecule is CC(=O)NC(C(=O)O)c1ccc2c(c1)nc(C)n2C. The highest BCUT2D eigenvalue weighted by molar-refractivity contribution is 5.85. The first-order valence-electron chi connectivity index (χ1n) is 5.83. The second-order valence-corrected chi connectivity index (χ2v) is 4.44. The number of rotatable bonds is 3. The highest BCUT2D eigenvalue weighted by Crippen LogP contribution is 2.21. The van der Waals surface area contributed by atoms with Gasteiger partial charge in [-0.15, -0.1) is 0 Å². The molecule has 6 heteroatoms. The van der Waals surface area contributed by atoms with Crippen LogP contribution in [0.15, 0.2) is 18.2 Å². The maximum atomic E-state index is 11.2. The molecule has 2 N–H and O–H groups in total. The number of imidazole rings is 1. The maximum Gasteiger partial charge on any atom is 0.330 e. The predicted octanol–water partition coefficient (Wildman–Crippen LogP) is 1.14. The van der Waals surface area contributed by atoms with Gasteiger partial charge in [0.1, 0.15) is 5.82 Å². The highest BCUT2D eigenvalue weighted by Gasteiger charge is 2.21. The first-order chi connectivity index (χ1) is 8.90. The number of nitrogens with zero attached hydrogens (tertiary/aromatic N) is 2. The molecule has 0 saturated carbocycles. The van der Waals surface area contributed by atoms with Crippen molar-refractivity contribution in [3.05, 3.63) is 29.6 Å².